The molecular weight excluding hydrogens is 490 g/mol. The molecule has 0 N–H and O–H groups in total. The van der Waals surface area contributed by atoms with Gasteiger partial charge in [-0.3, -0.25) is 18.7 Å². The number of aromatic nitrogens is 3. The molecule has 8 nitrogen and oxygen atoms in total. The lowest BCUT2D eigenvalue weighted by Crippen LogP contribution is -2.40. The Morgan fingerprint density at radius 3 is 2.45 bits per heavy atom. The van der Waals surface area contributed by atoms with E-state index in [0.29, 0.717) is 36.9 Å². The Bertz CT molecular complexity index is 1260. The smallest absolute Gasteiger partial charge is 0.332 e. The lowest BCUT2D eigenvalue weighted by atomic mass is 10.1. The number of Topliss-reactive ketones (excluding diaryl/α,β-unsaturated/α-hetero) is 1. The second kappa shape index (κ2) is 11.2. The molecule has 1 aromatic carbocycles. The van der Waals surface area contributed by atoms with Crippen molar-refractivity contribution in [2.45, 2.75) is 51.0 Å². The molecule has 0 bridgehead atoms. The molecule has 3 rings (SSSR count). The van der Waals surface area contributed by atoms with Gasteiger partial charge in [-0.05, 0) is 49.9 Å². The number of ether oxygens (including phenoxy) is 1. The number of nitrogens with zero attached hydrogens (tertiary/aromatic N) is 3. The Kier molecular flexibility index (Phi) is 8.32. The SMILES string of the molecule is CCOC(=O)C(Br)Cc1ccc(Cn2c(=O)n(CCCC(C)=O)c(=O)c3cccnc32)cc1. The number of hydrogen-bond acceptors (Lipinski definition) is 6. The van der Waals surface area contributed by atoms with Gasteiger partial charge in [0.15, 0.2) is 0 Å². The summed E-state index contributed by atoms with van der Waals surface area (Å²) in [5.74, 6) is -0.294. The van der Waals surface area contributed by atoms with Crippen molar-refractivity contribution in [3.05, 3.63) is 74.6 Å². The number of alkyl halides is 1. The maximum absolute atomic E-state index is 13.2. The van der Waals surface area contributed by atoms with Crippen molar-refractivity contribution in [2.24, 2.45) is 0 Å². The third kappa shape index (κ3) is 6.04. The summed E-state index contributed by atoms with van der Waals surface area (Å²) >= 11 is 3.35. The van der Waals surface area contributed by atoms with Crippen LogP contribution < -0.4 is 11.2 Å². The molecule has 9 heteroatoms. The van der Waals surface area contributed by atoms with Gasteiger partial charge in [0, 0.05) is 19.2 Å². The topological polar surface area (TPSA) is 100 Å². The van der Waals surface area contributed by atoms with E-state index in [0.717, 1.165) is 11.1 Å². The molecule has 0 aliphatic carbocycles. The molecule has 0 radical (unpaired) electrons. The number of ketones is 1. The monoisotopic (exact) mass is 515 g/mol. The van der Waals surface area contributed by atoms with Crippen molar-refractivity contribution in [3.8, 4) is 0 Å². The molecule has 1 atom stereocenters. The molecule has 0 spiro atoms. The van der Waals surface area contributed by atoms with E-state index in [9.17, 15) is 19.2 Å². The first-order valence-corrected chi connectivity index (χ1v) is 11.7. The highest BCUT2D eigenvalue weighted by Gasteiger charge is 2.17. The number of benzene rings is 1. The summed E-state index contributed by atoms with van der Waals surface area (Å²) < 4.78 is 7.67. The van der Waals surface area contributed by atoms with Crippen LogP contribution in [0.25, 0.3) is 11.0 Å². The normalized spacial score (nSPS) is 12.0. The molecule has 33 heavy (non-hydrogen) atoms. The number of carbonyl (C=O) groups is 2. The molecule has 0 aliphatic rings. The van der Waals surface area contributed by atoms with Crippen molar-refractivity contribution in [2.75, 3.05) is 6.61 Å². The van der Waals surface area contributed by atoms with E-state index >= 15 is 0 Å². The van der Waals surface area contributed by atoms with Crippen molar-refractivity contribution in [1.29, 1.82) is 0 Å². The van der Waals surface area contributed by atoms with Gasteiger partial charge >= 0.3 is 11.7 Å². The van der Waals surface area contributed by atoms with Crippen LogP contribution in [0, 0.1) is 0 Å². The van der Waals surface area contributed by atoms with E-state index in [1.807, 2.05) is 24.3 Å². The Morgan fingerprint density at radius 2 is 1.79 bits per heavy atom. The van der Waals surface area contributed by atoms with Crippen LogP contribution in [0.4, 0.5) is 0 Å². The first-order valence-electron chi connectivity index (χ1n) is 10.8. The second-order valence-corrected chi connectivity index (χ2v) is 8.85. The third-order valence-corrected chi connectivity index (χ3v) is 5.91. The Hall–Kier alpha value is -3.07. The zero-order valence-electron chi connectivity index (χ0n) is 18.6. The number of hydrogen-bond donors (Lipinski definition) is 0. The molecule has 0 amide bonds. The van der Waals surface area contributed by atoms with Gasteiger partial charge in [0.25, 0.3) is 5.56 Å². The van der Waals surface area contributed by atoms with Gasteiger partial charge in [-0.25, -0.2) is 9.78 Å². The van der Waals surface area contributed by atoms with Crippen LogP contribution in [0.3, 0.4) is 0 Å². The minimum atomic E-state index is -0.457. The van der Waals surface area contributed by atoms with Crippen molar-refractivity contribution >= 4 is 38.7 Å². The van der Waals surface area contributed by atoms with Crippen LogP contribution in [0.2, 0.25) is 0 Å². The number of pyridine rings is 1. The van der Waals surface area contributed by atoms with Gasteiger partial charge in [-0.15, -0.1) is 0 Å². The highest BCUT2D eigenvalue weighted by atomic mass is 79.9. The predicted molar refractivity (Wildman–Crippen MR) is 129 cm³/mol. The standard InChI is InChI=1S/C24H26BrN3O5/c1-3-33-23(31)20(25)14-17-8-10-18(11-9-17)15-28-21-19(7-4-12-26-21)22(30)27(24(28)32)13-5-6-16(2)29/h4,7-12,20H,3,5-6,13-15H2,1-2H3. The van der Waals surface area contributed by atoms with Crippen LogP contribution in [0.5, 0.6) is 0 Å². The molecule has 1 unspecified atom stereocenters. The molecule has 0 fully saturated rings. The third-order valence-electron chi connectivity index (χ3n) is 5.21. The number of rotatable bonds is 10. The van der Waals surface area contributed by atoms with E-state index in [1.54, 1.807) is 25.3 Å². The quantitative estimate of drug-likeness (QED) is 0.304. The van der Waals surface area contributed by atoms with Crippen LogP contribution in [0.1, 0.15) is 37.8 Å². The summed E-state index contributed by atoms with van der Waals surface area (Å²) in [6.45, 7) is 3.98. The first-order chi connectivity index (χ1) is 15.8. The fourth-order valence-electron chi connectivity index (χ4n) is 3.56. The van der Waals surface area contributed by atoms with E-state index in [2.05, 4.69) is 20.9 Å². The molecule has 2 aromatic heterocycles. The fourth-order valence-corrected chi connectivity index (χ4v) is 4.07. The zero-order chi connectivity index (χ0) is 24.0. The Balaban J connectivity index is 1.89. The molecule has 0 saturated carbocycles. The number of halogens is 1. The highest BCUT2D eigenvalue weighted by Crippen LogP contribution is 2.14. The van der Waals surface area contributed by atoms with Gasteiger partial charge in [-0.2, -0.15) is 0 Å². The summed E-state index contributed by atoms with van der Waals surface area (Å²) in [6, 6.07) is 10.9. The summed E-state index contributed by atoms with van der Waals surface area (Å²) in [5.41, 5.74) is 1.26. The summed E-state index contributed by atoms with van der Waals surface area (Å²) in [6.07, 6.45) is 2.74. The van der Waals surface area contributed by atoms with Gasteiger partial charge < -0.3 is 9.53 Å². The molecule has 0 saturated heterocycles. The van der Waals surface area contributed by atoms with E-state index in [-0.39, 0.29) is 24.8 Å². The lowest BCUT2D eigenvalue weighted by Gasteiger charge is -2.14. The minimum Gasteiger partial charge on any atom is -0.465 e. The summed E-state index contributed by atoms with van der Waals surface area (Å²) in [5, 5.41) is 0.355. The summed E-state index contributed by atoms with van der Waals surface area (Å²) in [7, 11) is 0. The number of esters is 1. The van der Waals surface area contributed by atoms with Crippen molar-refractivity contribution < 1.29 is 14.3 Å². The largest absolute Gasteiger partial charge is 0.465 e. The van der Waals surface area contributed by atoms with Crippen molar-refractivity contribution in [3.63, 3.8) is 0 Å². The van der Waals surface area contributed by atoms with Gasteiger partial charge in [-0.1, -0.05) is 40.2 Å². The molecule has 174 valence electrons. The van der Waals surface area contributed by atoms with Gasteiger partial charge in [0.1, 0.15) is 16.3 Å². The maximum Gasteiger partial charge on any atom is 0.332 e. The number of carbonyl (C=O) groups excluding carboxylic acids is 2. The Labute approximate surface area is 199 Å². The summed E-state index contributed by atoms with van der Waals surface area (Å²) in [4.78, 5) is 53.0. The highest BCUT2D eigenvalue weighted by molar-refractivity contribution is 9.10. The van der Waals surface area contributed by atoms with Crippen LogP contribution >= 0.6 is 15.9 Å². The van der Waals surface area contributed by atoms with E-state index < -0.39 is 16.1 Å². The second-order valence-electron chi connectivity index (χ2n) is 7.75. The molecule has 3 aromatic rings. The Morgan fingerprint density at radius 1 is 1.09 bits per heavy atom. The zero-order valence-corrected chi connectivity index (χ0v) is 20.2. The van der Waals surface area contributed by atoms with Crippen LogP contribution in [-0.2, 0) is 33.8 Å². The predicted octanol–water partition coefficient (Wildman–Crippen LogP) is 2.84. The van der Waals surface area contributed by atoms with E-state index in [1.165, 1.54) is 16.1 Å². The average molecular weight is 516 g/mol. The lowest BCUT2D eigenvalue weighted by molar-refractivity contribution is -0.142. The minimum absolute atomic E-state index is 0.0135. The maximum atomic E-state index is 13.2. The first kappa shape index (κ1) is 24.6. The molecule has 2 heterocycles. The van der Waals surface area contributed by atoms with Crippen molar-refractivity contribution in [1.82, 2.24) is 14.1 Å². The molecule has 0 aliphatic heterocycles. The van der Waals surface area contributed by atoms with Crippen LogP contribution in [0.15, 0.2) is 52.2 Å². The van der Waals surface area contributed by atoms with Gasteiger partial charge in [0.05, 0.1) is 18.5 Å². The number of fused-ring (bicyclic) bond motifs is 1. The van der Waals surface area contributed by atoms with Gasteiger partial charge in [0.2, 0.25) is 0 Å². The fraction of sp³-hybridized carbons (Fsp3) is 0.375. The van der Waals surface area contributed by atoms with E-state index in [4.69, 9.17) is 4.74 Å². The van der Waals surface area contributed by atoms with Crippen LogP contribution in [-0.4, -0.2) is 37.3 Å². The molecular formula is C24H26BrN3O5. The average Bonchev–Trinajstić information content (AvgIpc) is 2.80.